The topological polar surface area (TPSA) is 137 Å². The van der Waals surface area contributed by atoms with Crippen LogP contribution < -0.4 is 20.6 Å². The summed E-state index contributed by atoms with van der Waals surface area (Å²) in [6, 6.07) is 22.8. The molecule has 0 spiro atoms. The zero-order valence-corrected chi connectivity index (χ0v) is 26.7. The van der Waals surface area contributed by atoms with Gasteiger partial charge in [-0.15, -0.1) is 0 Å². The van der Waals surface area contributed by atoms with E-state index in [0.717, 1.165) is 17.5 Å². The lowest BCUT2D eigenvalue weighted by molar-refractivity contribution is -0.139. The second-order valence-corrected chi connectivity index (χ2v) is 11.7. The van der Waals surface area contributed by atoms with E-state index in [1.54, 1.807) is 51.1 Å². The molecule has 0 fully saturated rings. The van der Waals surface area contributed by atoms with Gasteiger partial charge in [0.05, 0.1) is 18.1 Å². The molecule has 1 atom stereocenters. The van der Waals surface area contributed by atoms with Gasteiger partial charge in [0.2, 0.25) is 5.91 Å². The van der Waals surface area contributed by atoms with E-state index < -0.39 is 22.0 Å². The number of allylic oxidation sites excluding steroid dienone is 2. The van der Waals surface area contributed by atoms with E-state index in [9.17, 15) is 18.0 Å². The van der Waals surface area contributed by atoms with Crippen LogP contribution in [0.1, 0.15) is 49.8 Å². The lowest BCUT2D eigenvalue weighted by atomic mass is 9.79. The fourth-order valence-electron chi connectivity index (χ4n) is 4.96. The van der Waals surface area contributed by atoms with E-state index in [1.807, 2.05) is 37.3 Å². The number of carbonyl (C=O) groups excluding carboxylic acids is 2. The van der Waals surface area contributed by atoms with Crippen molar-refractivity contribution in [1.29, 1.82) is 0 Å². The van der Waals surface area contributed by atoms with Gasteiger partial charge in [-0.25, -0.2) is 4.79 Å². The van der Waals surface area contributed by atoms with Crippen LogP contribution in [0.4, 0.5) is 0 Å². The number of nitrogens with one attached hydrogen (secondary N) is 2. The van der Waals surface area contributed by atoms with Gasteiger partial charge in [-0.3, -0.25) is 4.79 Å². The molecule has 0 bridgehead atoms. The van der Waals surface area contributed by atoms with Gasteiger partial charge in [0.1, 0.15) is 10.6 Å². The summed E-state index contributed by atoms with van der Waals surface area (Å²) in [5, 5.41) is 5.97. The summed E-state index contributed by atoms with van der Waals surface area (Å²) in [5.74, 6) is -1.90. The van der Waals surface area contributed by atoms with E-state index in [4.69, 9.17) is 8.92 Å². The monoisotopic (exact) mass is 619 g/mol. The average molecular weight is 620 g/mol. The molecule has 3 aromatic rings. The number of esters is 1. The van der Waals surface area contributed by atoms with Crippen LogP contribution in [0.3, 0.4) is 0 Å². The smallest absolute Gasteiger partial charge is 0.339 e. The lowest BCUT2D eigenvalue weighted by Gasteiger charge is -2.31. The van der Waals surface area contributed by atoms with Crippen LogP contribution in [0.2, 0.25) is 0 Å². The molecule has 10 heteroatoms. The highest BCUT2D eigenvalue weighted by molar-refractivity contribution is 7.87. The van der Waals surface area contributed by atoms with Gasteiger partial charge in [0.25, 0.3) is 0 Å². The highest BCUT2D eigenvalue weighted by Gasteiger charge is 2.39. The molecule has 0 radical (unpaired) electrons. The van der Waals surface area contributed by atoms with Crippen molar-refractivity contribution in [3.8, 4) is 5.75 Å². The Kier molecular flexibility index (Phi) is 12.3. The molecular formula is C34H41N3O6S. The summed E-state index contributed by atoms with van der Waals surface area (Å²) in [7, 11) is -2.71. The predicted molar refractivity (Wildman–Crippen MR) is 171 cm³/mol. The number of dihydropyridines is 1. The maximum absolute atomic E-state index is 13.7. The molecule has 3 aromatic carbocycles. The largest absolute Gasteiger partial charge is 0.462 e. The van der Waals surface area contributed by atoms with Crippen molar-refractivity contribution < 1.29 is 26.9 Å². The Morgan fingerprint density at radius 1 is 0.864 bits per heavy atom. The molecule has 0 saturated carbocycles. The number of benzene rings is 3. The van der Waals surface area contributed by atoms with Gasteiger partial charge in [0, 0.05) is 29.1 Å². The molecule has 234 valence electrons. The zero-order valence-electron chi connectivity index (χ0n) is 25.8. The van der Waals surface area contributed by atoms with Crippen LogP contribution in [-0.4, -0.2) is 40.5 Å². The minimum absolute atomic E-state index is 0.00587. The third-order valence-corrected chi connectivity index (χ3v) is 8.24. The van der Waals surface area contributed by atoms with Crippen LogP contribution in [-0.2, 0) is 30.9 Å². The quantitative estimate of drug-likeness (QED) is 0.157. The summed E-state index contributed by atoms with van der Waals surface area (Å²) in [6.45, 7) is 7.68. The van der Waals surface area contributed by atoms with Gasteiger partial charge < -0.3 is 25.3 Å². The number of carbonyl (C=O) groups is 2. The molecule has 0 saturated heterocycles. The van der Waals surface area contributed by atoms with Gasteiger partial charge in [-0.1, -0.05) is 66.2 Å². The van der Waals surface area contributed by atoms with E-state index in [0.29, 0.717) is 29.9 Å². The van der Waals surface area contributed by atoms with Gasteiger partial charge in [-0.05, 0) is 71.3 Å². The summed E-state index contributed by atoms with van der Waals surface area (Å²) < 4.78 is 37.9. The minimum Gasteiger partial charge on any atom is -0.462 e. The standard InChI is InChI=1S/C33H36N2O6S.CH5N/c1-5-34-32(36)29-23(3)35-24(4)30(33(37)40-21-11-14-25-12-7-6-8-13-25)31(29)27-15-9-10-16-28(27)41-42(38,39)26-19-17-22(2)18-20-26;1-2/h6-10,12-13,15-20,31,35H,5,11,14,21H2,1-4H3,(H,34,36);2H2,1H3. The second kappa shape index (κ2) is 15.9. The molecule has 0 aromatic heterocycles. The first-order valence-electron chi connectivity index (χ1n) is 14.5. The van der Waals surface area contributed by atoms with Crippen LogP contribution in [0, 0.1) is 6.92 Å². The first-order chi connectivity index (χ1) is 21.1. The Balaban J connectivity index is 0.00000259. The Bertz CT molecular complexity index is 1610. The van der Waals surface area contributed by atoms with Gasteiger partial charge in [0.15, 0.2) is 0 Å². The normalized spacial score (nSPS) is 14.6. The average Bonchev–Trinajstić information content (AvgIpc) is 3.01. The van der Waals surface area contributed by atoms with Crippen LogP contribution in [0.25, 0.3) is 0 Å². The number of likely N-dealkylation sites (N-methyl/N-ethyl adjacent to an activating group) is 1. The maximum atomic E-state index is 13.7. The third-order valence-electron chi connectivity index (χ3n) is 6.99. The number of rotatable bonds is 11. The van der Waals surface area contributed by atoms with Gasteiger partial charge >= 0.3 is 16.1 Å². The van der Waals surface area contributed by atoms with Crippen molar-refractivity contribution in [3.63, 3.8) is 0 Å². The van der Waals surface area contributed by atoms with Crippen LogP contribution in [0.15, 0.2) is 106 Å². The Labute approximate surface area is 260 Å². The molecule has 1 heterocycles. The molecule has 4 N–H and O–H groups in total. The van der Waals surface area contributed by atoms with E-state index in [1.165, 1.54) is 25.2 Å². The predicted octanol–water partition coefficient (Wildman–Crippen LogP) is 4.88. The van der Waals surface area contributed by atoms with Crippen molar-refractivity contribution in [2.45, 2.75) is 51.3 Å². The van der Waals surface area contributed by atoms with Crippen molar-refractivity contribution >= 4 is 22.0 Å². The molecule has 44 heavy (non-hydrogen) atoms. The lowest BCUT2D eigenvalue weighted by Crippen LogP contribution is -2.36. The summed E-state index contributed by atoms with van der Waals surface area (Å²) in [6.07, 6.45) is 1.36. The van der Waals surface area contributed by atoms with Crippen LogP contribution >= 0.6 is 0 Å². The van der Waals surface area contributed by atoms with Crippen molar-refractivity contribution in [1.82, 2.24) is 10.6 Å². The molecular weight excluding hydrogens is 578 g/mol. The molecule has 1 amide bonds. The number of para-hydroxylation sites is 1. The number of aryl methyl sites for hydroxylation is 2. The number of nitrogens with two attached hydrogens (primary N) is 1. The molecule has 4 rings (SSSR count). The molecule has 1 aliphatic rings. The number of hydrogen-bond donors (Lipinski definition) is 3. The first-order valence-corrected chi connectivity index (χ1v) is 15.9. The van der Waals surface area contributed by atoms with Crippen molar-refractivity contribution in [2.24, 2.45) is 5.73 Å². The highest BCUT2D eigenvalue weighted by atomic mass is 32.2. The SMILES string of the molecule is CCNC(=O)C1=C(C)NC(C)=C(C(=O)OCCCc2ccccc2)C1c1ccccc1OS(=O)(=O)c1ccc(C)cc1.CN. The fourth-order valence-corrected chi connectivity index (χ4v) is 5.92. The Morgan fingerprint density at radius 3 is 2.14 bits per heavy atom. The van der Waals surface area contributed by atoms with E-state index in [-0.39, 0.29) is 34.3 Å². The fraction of sp³-hybridized carbons (Fsp3) is 0.294. The van der Waals surface area contributed by atoms with Crippen LogP contribution in [0.5, 0.6) is 5.75 Å². The number of ether oxygens (including phenoxy) is 1. The second-order valence-electron chi connectivity index (χ2n) is 10.1. The molecule has 0 aliphatic carbocycles. The van der Waals surface area contributed by atoms with E-state index in [2.05, 4.69) is 16.4 Å². The van der Waals surface area contributed by atoms with E-state index >= 15 is 0 Å². The molecule has 1 aliphatic heterocycles. The minimum atomic E-state index is -4.21. The van der Waals surface area contributed by atoms with Gasteiger partial charge in [-0.2, -0.15) is 8.42 Å². The molecule has 9 nitrogen and oxygen atoms in total. The molecule has 1 unspecified atom stereocenters. The zero-order chi connectivity index (χ0) is 32.3. The van der Waals surface area contributed by atoms with Crippen molar-refractivity contribution in [2.75, 3.05) is 20.2 Å². The number of amides is 1. The Morgan fingerprint density at radius 2 is 1.48 bits per heavy atom. The van der Waals surface area contributed by atoms with Crippen molar-refractivity contribution in [3.05, 3.63) is 118 Å². The number of hydrogen-bond acceptors (Lipinski definition) is 8. The summed E-state index contributed by atoms with van der Waals surface area (Å²) in [4.78, 5) is 27.0. The summed E-state index contributed by atoms with van der Waals surface area (Å²) >= 11 is 0. The maximum Gasteiger partial charge on any atom is 0.339 e. The third kappa shape index (κ3) is 8.36. The summed E-state index contributed by atoms with van der Waals surface area (Å²) in [5.41, 5.74) is 8.44. The highest BCUT2D eigenvalue weighted by Crippen LogP contribution is 2.43. The first kappa shape index (κ1) is 34.1. The Hall–Kier alpha value is -4.41.